The Hall–Kier alpha value is -3.63. The molecule has 1 atom stereocenters. The van der Waals surface area contributed by atoms with Gasteiger partial charge in [-0.3, -0.25) is 9.69 Å². The Morgan fingerprint density at radius 3 is 2.81 bits per heavy atom. The van der Waals surface area contributed by atoms with Crippen LogP contribution in [0.25, 0.3) is 5.69 Å². The number of urea groups is 1. The number of carbonyl (C=O) groups excluding carboxylic acids is 2. The second-order valence-electron chi connectivity index (χ2n) is 5.97. The zero-order valence-electron chi connectivity index (χ0n) is 13.9. The molecule has 0 unspecified atom stereocenters. The first-order valence-electron chi connectivity index (χ1n) is 7.74. The Bertz CT molecular complexity index is 982. The fourth-order valence-electron chi connectivity index (χ4n) is 2.81. The number of hydrogen-bond acceptors (Lipinski definition) is 8. The second-order valence-corrected chi connectivity index (χ2v) is 5.97. The highest BCUT2D eigenvalue weighted by Crippen LogP contribution is 2.30. The van der Waals surface area contributed by atoms with Gasteiger partial charge in [-0.15, -0.1) is 15.3 Å². The third kappa shape index (κ3) is 2.49. The topological polar surface area (TPSA) is 132 Å². The molecule has 11 heteroatoms. The van der Waals surface area contributed by atoms with Gasteiger partial charge in [-0.05, 0) is 35.0 Å². The van der Waals surface area contributed by atoms with Gasteiger partial charge < -0.3 is 9.73 Å². The molecule has 11 nitrogen and oxygen atoms in total. The van der Waals surface area contributed by atoms with Gasteiger partial charge in [-0.1, -0.05) is 12.1 Å². The molecule has 4 rings (SSSR count). The van der Waals surface area contributed by atoms with Crippen LogP contribution in [0.4, 0.5) is 4.79 Å². The molecule has 1 saturated heterocycles. The number of rotatable bonds is 4. The third-order valence-electron chi connectivity index (χ3n) is 4.17. The molecule has 1 aliphatic rings. The quantitative estimate of drug-likeness (QED) is 0.663. The van der Waals surface area contributed by atoms with E-state index in [4.69, 9.17) is 4.42 Å². The zero-order valence-corrected chi connectivity index (χ0v) is 13.9. The molecule has 0 radical (unpaired) electrons. The number of hydrogen-bond donors (Lipinski definition) is 1. The molecule has 0 bridgehead atoms. The summed E-state index contributed by atoms with van der Waals surface area (Å²) in [6.45, 7) is 3.19. The number of nitrogens with one attached hydrogen (secondary N) is 1. The number of aromatic nitrogens is 6. The lowest BCUT2D eigenvalue weighted by Crippen LogP contribution is -2.40. The lowest BCUT2D eigenvalue weighted by Gasteiger charge is -2.22. The molecule has 1 aromatic carbocycles. The predicted octanol–water partition coefficient (Wildman–Crippen LogP) is 0.321. The number of aryl methyl sites for hydroxylation is 1. The van der Waals surface area contributed by atoms with Gasteiger partial charge in [-0.25, -0.2) is 9.48 Å². The van der Waals surface area contributed by atoms with Crippen molar-refractivity contribution in [1.82, 2.24) is 40.6 Å². The molecule has 3 aromatic rings. The molecule has 0 spiro atoms. The minimum Gasteiger partial charge on any atom is -0.424 e. The highest BCUT2D eigenvalue weighted by molar-refractivity contribution is 6.07. The summed E-state index contributed by atoms with van der Waals surface area (Å²) in [6, 6.07) is 6.53. The van der Waals surface area contributed by atoms with E-state index in [2.05, 4.69) is 31.0 Å². The normalized spacial score (nSPS) is 19.8. The van der Waals surface area contributed by atoms with Crippen LogP contribution in [0.5, 0.6) is 0 Å². The van der Waals surface area contributed by atoms with Gasteiger partial charge in [0.15, 0.2) is 0 Å². The van der Waals surface area contributed by atoms with E-state index in [9.17, 15) is 9.59 Å². The SMILES string of the molecule is Cc1nnc(CN2C(=O)N[C@@](C)(c3cccc(-n4cnnn4)c3)C2=O)o1. The Kier molecular flexibility index (Phi) is 3.49. The summed E-state index contributed by atoms with van der Waals surface area (Å²) in [5.74, 6) is 0.147. The summed E-state index contributed by atoms with van der Waals surface area (Å²) in [5.41, 5.74) is 0.0469. The summed E-state index contributed by atoms with van der Waals surface area (Å²) in [6.07, 6.45) is 1.45. The molecule has 132 valence electrons. The van der Waals surface area contributed by atoms with Crippen molar-refractivity contribution >= 4 is 11.9 Å². The highest BCUT2D eigenvalue weighted by atomic mass is 16.4. The van der Waals surface area contributed by atoms with Crippen molar-refractivity contribution in [2.45, 2.75) is 25.9 Å². The Labute approximate surface area is 147 Å². The van der Waals surface area contributed by atoms with Crippen LogP contribution in [-0.4, -0.2) is 47.2 Å². The monoisotopic (exact) mass is 354 g/mol. The van der Waals surface area contributed by atoms with Gasteiger partial charge in [-0.2, -0.15) is 0 Å². The zero-order chi connectivity index (χ0) is 18.3. The first-order valence-corrected chi connectivity index (χ1v) is 7.74. The van der Waals surface area contributed by atoms with Crippen LogP contribution in [0.2, 0.25) is 0 Å². The Morgan fingerprint density at radius 2 is 2.12 bits per heavy atom. The Morgan fingerprint density at radius 1 is 1.27 bits per heavy atom. The first-order chi connectivity index (χ1) is 12.5. The van der Waals surface area contributed by atoms with Crippen molar-refractivity contribution in [1.29, 1.82) is 0 Å². The van der Waals surface area contributed by atoms with E-state index in [1.165, 1.54) is 11.0 Å². The summed E-state index contributed by atoms with van der Waals surface area (Å²) >= 11 is 0. The molecule has 0 aliphatic carbocycles. The van der Waals surface area contributed by atoms with Gasteiger partial charge in [0.05, 0.1) is 5.69 Å². The first kappa shape index (κ1) is 15.9. The molecule has 1 N–H and O–H groups in total. The number of amides is 3. The van der Waals surface area contributed by atoms with E-state index >= 15 is 0 Å². The average Bonchev–Trinajstić information content (AvgIpc) is 3.34. The minimum atomic E-state index is -1.23. The van der Waals surface area contributed by atoms with Gasteiger partial charge in [0, 0.05) is 6.92 Å². The third-order valence-corrected chi connectivity index (χ3v) is 4.17. The van der Waals surface area contributed by atoms with Crippen LogP contribution in [0.1, 0.15) is 24.3 Å². The van der Waals surface area contributed by atoms with Crippen LogP contribution in [0.15, 0.2) is 35.0 Å². The van der Waals surface area contributed by atoms with E-state index < -0.39 is 17.5 Å². The maximum Gasteiger partial charge on any atom is 0.325 e. The second kappa shape index (κ2) is 5.72. The molecule has 3 heterocycles. The van der Waals surface area contributed by atoms with Gasteiger partial charge in [0.25, 0.3) is 5.91 Å². The van der Waals surface area contributed by atoms with E-state index in [0.29, 0.717) is 17.1 Å². The summed E-state index contributed by atoms with van der Waals surface area (Å²) < 4.78 is 6.73. The van der Waals surface area contributed by atoms with Crippen molar-refractivity contribution in [3.8, 4) is 5.69 Å². The van der Waals surface area contributed by atoms with Crippen molar-refractivity contribution in [3.05, 3.63) is 47.9 Å². The van der Waals surface area contributed by atoms with Crippen molar-refractivity contribution in [2.24, 2.45) is 0 Å². The average molecular weight is 354 g/mol. The number of imide groups is 1. The summed E-state index contributed by atoms with van der Waals surface area (Å²) in [4.78, 5) is 26.4. The highest BCUT2D eigenvalue weighted by Gasteiger charge is 2.49. The smallest absolute Gasteiger partial charge is 0.325 e. The van der Waals surface area contributed by atoms with Crippen molar-refractivity contribution in [3.63, 3.8) is 0 Å². The van der Waals surface area contributed by atoms with Crippen molar-refractivity contribution in [2.75, 3.05) is 0 Å². The van der Waals surface area contributed by atoms with Crippen LogP contribution in [0.3, 0.4) is 0 Å². The largest absolute Gasteiger partial charge is 0.424 e. The molecule has 3 amide bonds. The molecule has 1 fully saturated rings. The Balaban J connectivity index is 1.65. The summed E-state index contributed by atoms with van der Waals surface area (Å²) in [7, 11) is 0. The molecule has 2 aromatic heterocycles. The fraction of sp³-hybridized carbons (Fsp3) is 0.267. The molecule has 1 aliphatic heterocycles. The van der Waals surface area contributed by atoms with Gasteiger partial charge in [0.1, 0.15) is 18.4 Å². The van der Waals surface area contributed by atoms with Crippen molar-refractivity contribution < 1.29 is 14.0 Å². The summed E-state index contributed by atoms with van der Waals surface area (Å²) in [5, 5.41) is 21.3. The van der Waals surface area contributed by atoms with Crippen LogP contribution in [-0.2, 0) is 16.9 Å². The van der Waals surface area contributed by atoms with E-state index in [-0.39, 0.29) is 12.4 Å². The van der Waals surface area contributed by atoms with Crippen LogP contribution < -0.4 is 5.32 Å². The number of benzene rings is 1. The fourth-order valence-corrected chi connectivity index (χ4v) is 2.81. The maximum absolute atomic E-state index is 13.0. The van der Waals surface area contributed by atoms with Crippen LogP contribution >= 0.6 is 0 Å². The lowest BCUT2D eigenvalue weighted by molar-refractivity contribution is -0.131. The molecular formula is C15H14N8O3. The lowest BCUT2D eigenvalue weighted by atomic mass is 9.91. The number of tetrazole rings is 1. The molecule has 0 saturated carbocycles. The van der Waals surface area contributed by atoms with E-state index in [0.717, 1.165) is 4.90 Å². The minimum absolute atomic E-state index is 0.0895. The number of carbonyl (C=O) groups is 2. The standard InChI is InChI=1S/C15H14N8O3/c1-9-18-19-12(26-9)7-22-13(24)15(2,17-14(22)25)10-4-3-5-11(6-10)23-8-16-20-21-23/h3-6,8H,7H2,1-2H3,(H,17,25)/t15-/m0/s1. The number of nitrogens with zero attached hydrogens (tertiary/aromatic N) is 7. The van der Waals surface area contributed by atoms with E-state index in [1.807, 2.05) is 0 Å². The molecule has 26 heavy (non-hydrogen) atoms. The van der Waals surface area contributed by atoms with E-state index in [1.54, 1.807) is 38.1 Å². The van der Waals surface area contributed by atoms with Gasteiger partial charge >= 0.3 is 6.03 Å². The molecular weight excluding hydrogens is 340 g/mol. The predicted molar refractivity (Wildman–Crippen MR) is 84.6 cm³/mol. The van der Waals surface area contributed by atoms with Crippen LogP contribution in [0, 0.1) is 6.92 Å². The van der Waals surface area contributed by atoms with Gasteiger partial charge in [0.2, 0.25) is 11.8 Å². The maximum atomic E-state index is 13.0.